The summed E-state index contributed by atoms with van der Waals surface area (Å²) in [6.45, 7) is -0.0394. The maximum atomic E-state index is 12.9. The van der Waals surface area contributed by atoms with Crippen LogP contribution in [0.1, 0.15) is 11.7 Å². The monoisotopic (exact) mass is 194 g/mol. The molecule has 0 amide bonds. The average Bonchev–Trinajstić information content (AvgIpc) is 2.66. The van der Waals surface area contributed by atoms with Crippen LogP contribution in [0.4, 0.5) is 4.39 Å². The Hall–Kier alpha value is -1.19. The van der Waals surface area contributed by atoms with Crippen LogP contribution in [0.15, 0.2) is 36.4 Å². The summed E-state index contributed by atoms with van der Waals surface area (Å²) >= 11 is 0. The number of halogens is 1. The average molecular weight is 194 g/mol. The van der Waals surface area contributed by atoms with Gasteiger partial charge in [0.2, 0.25) is 0 Å². The Morgan fingerprint density at radius 2 is 2.21 bits per heavy atom. The smallest absolute Gasteiger partial charge is 0.123 e. The van der Waals surface area contributed by atoms with Crippen LogP contribution in [-0.2, 0) is 4.74 Å². The highest BCUT2D eigenvalue weighted by Crippen LogP contribution is 2.26. The second kappa shape index (κ2) is 3.90. The van der Waals surface area contributed by atoms with E-state index in [1.807, 2.05) is 6.08 Å². The third-order valence-corrected chi connectivity index (χ3v) is 2.18. The summed E-state index contributed by atoms with van der Waals surface area (Å²) in [7, 11) is 0. The predicted octanol–water partition coefficient (Wildman–Crippen LogP) is 1.81. The number of benzene rings is 1. The minimum Gasteiger partial charge on any atom is -0.393 e. The van der Waals surface area contributed by atoms with Gasteiger partial charge >= 0.3 is 0 Å². The number of hydrogen-bond donors (Lipinski definition) is 1. The first kappa shape index (κ1) is 9.37. The van der Waals surface area contributed by atoms with Crippen LogP contribution in [-0.4, -0.2) is 17.8 Å². The Labute approximate surface area is 81.6 Å². The molecule has 1 heterocycles. The Balaban J connectivity index is 2.14. The molecule has 0 radical (unpaired) electrons. The van der Waals surface area contributed by atoms with E-state index in [1.54, 1.807) is 18.2 Å². The Morgan fingerprint density at radius 1 is 1.36 bits per heavy atom. The van der Waals surface area contributed by atoms with Gasteiger partial charge in [-0.15, -0.1) is 0 Å². The van der Waals surface area contributed by atoms with Crippen molar-refractivity contribution in [3.05, 3.63) is 47.8 Å². The van der Waals surface area contributed by atoms with E-state index < -0.39 is 0 Å². The molecule has 14 heavy (non-hydrogen) atoms. The van der Waals surface area contributed by atoms with E-state index in [9.17, 15) is 4.39 Å². The van der Waals surface area contributed by atoms with Gasteiger partial charge in [-0.1, -0.05) is 24.3 Å². The summed E-state index contributed by atoms with van der Waals surface area (Å²) in [6, 6.07) is 6.28. The molecule has 74 valence electrons. The zero-order chi connectivity index (χ0) is 9.97. The van der Waals surface area contributed by atoms with E-state index in [0.717, 1.165) is 5.56 Å². The third-order valence-electron chi connectivity index (χ3n) is 2.18. The number of aliphatic hydroxyl groups is 1. The van der Waals surface area contributed by atoms with Crippen molar-refractivity contribution in [1.82, 2.24) is 0 Å². The summed E-state index contributed by atoms with van der Waals surface area (Å²) in [4.78, 5) is 0. The van der Waals surface area contributed by atoms with Crippen molar-refractivity contribution in [2.75, 3.05) is 6.61 Å². The lowest BCUT2D eigenvalue weighted by Crippen LogP contribution is -2.11. The molecule has 0 bridgehead atoms. The molecule has 0 aliphatic carbocycles. The molecule has 1 aliphatic heterocycles. The highest BCUT2D eigenvalue weighted by atomic mass is 19.1. The molecule has 1 aromatic rings. The predicted molar refractivity (Wildman–Crippen MR) is 50.2 cm³/mol. The largest absolute Gasteiger partial charge is 0.393 e. The molecule has 1 aliphatic rings. The summed E-state index contributed by atoms with van der Waals surface area (Å²) in [5.74, 6) is -0.271. The number of hydrogen-bond acceptors (Lipinski definition) is 2. The first-order chi connectivity index (χ1) is 6.79. The fraction of sp³-hybridized carbons (Fsp3) is 0.273. The van der Waals surface area contributed by atoms with Gasteiger partial charge in [0.1, 0.15) is 11.9 Å². The molecule has 1 aromatic carbocycles. The maximum absolute atomic E-state index is 12.9. The standard InChI is InChI=1S/C11H11FO2/c12-9-3-1-2-8(6-9)11-5-4-10(7-13)14-11/h1-6,10-11,13H,7H2/t10-,11+/m0/s1. The van der Waals surface area contributed by atoms with Crippen molar-refractivity contribution < 1.29 is 14.2 Å². The van der Waals surface area contributed by atoms with Crippen molar-refractivity contribution >= 4 is 0 Å². The van der Waals surface area contributed by atoms with E-state index in [1.165, 1.54) is 12.1 Å². The minimum absolute atomic E-state index is 0.0394. The lowest BCUT2D eigenvalue weighted by Gasteiger charge is -2.12. The Morgan fingerprint density at radius 3 is 2.86 bits per heavy atom. The molecule has 2 atom stereocenters. The molecule has 0 spiro atoms. The van der Waals surface area contributed by atoms with E-state index in [4.69, 9.17) is 9.84 Å². The molecule has 0 aromatic heterocycles. The molecule has 0 fully saturated rings. The van der Waals surface area contributed by atoms with E-state index in [0.29, 0.717) is 0 Å². The highest BCUT2D eigenvalue weighted by molar-refractivity contribution is 5.24. The molecule has 0 unspecified atom stereocenters. The van der Waals surface area contributed by atoms with Crippen LogP contribution in [0.25, 0.3) is 0 Å². The van der Waals surface area contributed by atoms with Crippen molar-refractivity contribution in [1.29, 1.82) is 0 Å². The van der Waals surface area contributed by atoms with Gasteiger partial charge in [0.25, 0.3) is 0 Å². The van der Waals surface area contributed by atoms with Crippen LogP contribution >= 0.6 is 0 Å². The highest BCUT2D eigenvalue weighted by Gasteiger charge is 2.19. The van der Waals surface area contributed by atoms with Gasteiger partial charge in [-0.25, -0.2) is 4.39 Å². The molecule has 3 heteroatoms. The van der Waals surface area contributed by atoms with Crippen LogP contribution in [0.3, 0.4) is 0 Å². The lowest BCUT2D eigenvalue weighted by atomic mass is 10.1. The van der Waals surface area contributed by atoms with Gasteiger partial charge in [-0.2, -0.15) is 0 Å². The second-order valence-electron chi connectivity index (χ2n) is 3.22. The fourth-order valence-electron chi connectivity index (χ4n) is 1.48. The van der Waals surface area contributed by atoms with Gasteiger partial charge in [-0.3, -0.25) is 0 Å². The quantitative estimate of drug-likeness (QED) is 0.727. The SMILES string of the molecule is OC[C@@H]1C=C[C@H](c2cccc(F)c2)O1. The zero-order valence-corrected chi connectivity index (χ0v) is 7.56. The minimum atomic E-state index is -0.271. The van der Waals surface area contributed by atoms with E-state index in [-0.39, 0.29) is 24.6 Å². The first-order valence-corrected chi connectivity index (χ1v) is 4.49. The van der Waals surface area contributed by atoms with E-state index in [2.05, 4.69) is 0 Å². The van der Waals surface area contributed by atoms with Gasteiger partial charge < -0.3 is 9.84 Å². The van der Waals surface area contributed by atoms with E-state index >= 15 is 0 Å². The molecule has 2 rings (SSSR count). The Bertz CT molecular complexity index is 349. The molecular weight excluding hydrogens is 183 g/mol. The second-order valence-corrected chi connectivity index (χ2v) is 3.22. The molecule has 0 saturated heterocycles. The summed E-state index contributed by atoms with van der Waals surface area (Å²) in [5, 5.41) is 8.83. The fourth-order valence-corrected chi connectivity index (χ4v) is 1.48. The number of aliphatic hydroxyl groups excluding tert-OH is 1. The summed E-state index contributed by atoms with van der Waals surface area (Å²) < 4.78 is 18.3. The topological polar surface area (TPSA) is 29.5 Å². The maximum Gasteiger partial charge on any atom is 0.123 e. The van der Waals surface area contributed by atoms with Gasteiger partial charge in [0, 0.05) is 0 Å². The van der Waals surface area contributed by atoms with Crippen LogP contribution in [0, 0.1) is 5.82 Å². The van der Waals surface area contributed by atoms with Gasteiger partial charge in [-0.05, 0) is 17.7 Å². The van der Waals surface area contributed by atoms with Gasteiger partial charge in [0.05, 0.1) is 12.7 Å². The Kier molecular flexibility index (Phi) is 2.61. The van der Waals surface area contributed by atoms with Crippen molar-refractivity contribution in [3.8, 4) is 0 Å². The van der Waals surface area contributed by atoms with Crippen LogP contribution < -0.4 is 0 Å². The lowest BCUT2D eigenvalue weighted by molar-refractivity contribution is 0.0251. The summed E-state index contributed by atoms with van der Waals surface area (Å²) in [6.07, 6.45) is 3.12. The normalized spacial score (nSPS) is 25.6. The van der Waals surface area contributed by atoms with Crippen molar-refractivity contribution in [2.24, 2.45) is 0 Å². The van der Waals surface area contributed by atoms with Crippen molar-refractivity contribution in [2.45, 2.75) is 12.2 Å². The van der Waals surface area contributed by atoms with Crippen molar-refractivity contribution in [3.63, 3.8) is 0 Å². The van der Waals surface area contributed by atoms with Gasteiger partial charge in [0.15, 0.2) is 0 Å². The molecule has 2 nitrogen and oxygen atoms in total. The summed E-state index contributed by atoms with van der Waals surface area (Å²) in [5.41, 5.74) is 0.775. The first-order valence-electron chi connectivity index (χ1n) is 4.49. The molecule has 1 N–H and O–H groups in total. The number of rotatable bonds is 2. The molecule has 0 saturated carbocycles. The third kappa shape index (κ3) is 1.84. The molecular formula is C11H11FO2. The number of ether oxygens (including phenoxy) is 1. The van der Waals surface area contributed by atoms with Crippen LogP contribution in [0.5, 0.6) is 0 Å². The van der Waals surface area contributed by atoms with Crippen LogP contribution in [0.2, 0.25) is 0 Å². The zero-order valence-electron chi connectivity index (χ0n) is 7.56.